The minimum atomic E-state index is 0.388. The van der Waals surface area contributed by atoms with Crippen molar-refractivity contribution < 1.29 is 4.79 Å². The molecular weight excluding hydrogens is 184 g/mol. The second kappa shape index (κ2) is 11.0. The van der Waals surface area contributed by atoms with E-state index in [1.165, 1.54) is 6.42 Å². The first kappa shape index (κ1) is 13.9. The molecule has 0 aliphatic heterocycles. The number of ketones is 1. The van der Waals surface area contributed by atoms with E-state index in [2.05, 4.69) is 12.7 Å². The molecule has 84 valence electrons. The second-order valence-electron chi connectivity index (χ2n) is 3.54. The third kappa shape index (κ3) is 10.8. The Balaban J connectivity index is 3.24. The molecule has 0 radical (unpaired) electrons. The molecule has 0 saturated heterocycles. The van der Waals surface area contributed by atoms with Crippen molar-refractivity contribution in [3.05, 3.63) is 37.0 Å². The third-order valence-corrected chi connectivity index (χ3v) is 2.22. The van der Waals surface area contributed by atoms with Crippen molar-refractivity contribution in [2.75, 3.05) is 0 Å². The summed E-state index contributed by atoms with van der Waals surface area (Å²) < 4.78 is 0. The molecule has 0 heterocycles. The fraction of sp³-hybridized carbons (Fsp3) is 0.500. The highest BCUT2D eigenvalue weighted by molar-refractivity contribution is 5.77. The fourth-order valence-electron chi connectivity index (χ4n) is 1.26. The van der Waals surface area contributed by atoms with Crippen molar-refractivity contribution in [1.29, 1.82) is 0 Å². The monoisotopic (exact) mass is 206 g/mol. The summed E-state index contributed by atoms with van der Waals surface area (Å²) >= 11 is 0. The first-order chi connectivity index (χ1) is 7.31. The van der Waals surface area contributed by atoms with Crippen LogP contribution in [0.25, 0.3) is 0 Å². The molecule has 1 heteroatoms. The lowest BCUT2D eigenvalue weighted by atomic mass is 10.1. The lowest BCUT2D eigenvalue weighted by molar-refractivity contribution is -0.118. The van der Waals surface area contributed by atoms with Crippen LogP contribution in [0.3, 0.4) is 0 Å². The van der Waals surface area contributed by atoms with Gasteiger partial charge >= 0.3 is 0 Å². The van der Waals surface area contributed by atoms with E-state index in [0.29, 0.717) is 12.2 Å². The predicted octanol–water partition coefficient (Wildman–Crippen LogP) is 4.21. The Morgan fingerprint density at radius 1 is 1.13 bits per heavy atom. The van der Waals surface area contributed by atoms with Crippen molar-refractivity contribution in [2.24, 2.45) is 0 Å². The Hall–Kier alpha value is -1.11. The van der Waals surface area contributed by atoms with Crippen LogP contribution in [0.15, 0.2) is 37.0 Å². The van der Waals surface area contributed by atoms with Gasteiger partial charge in [-0.2, -0.15) is 0 Å². The molecule has 0 aliphatic carbocycles. The maximum atomic E-state index is 11.0. The lowest BCUT2D eigenvalue weighted by Crippen LogP contribution is -1.93. The molecule has 0 N–H and O–H groups in total. The second-order valence-corrected chi connectivity index (χ2v) is 3.54. The van der Waals surface area contributed by atoms with Crippen LogP contribution in [-0.4, -0.2) is 5.78 Å². The molecule has 0 aromatic rings. The highest BCUT2D eigenvalue weighted by Gasteiger charge is 1.96. The highest BCUT2D eigenvalue weighted by atomic mass is 16.1. The van der Waals surface area contributed by atoms with E-state index in [0.717, 1.165) is 25.7 Å². The van der Waals surface area contributed by atoms with Gasteiger partial charge in [-0.15, -0.1) is 0 Å². The molecule has 0 aromatic carbocycles. The Morgan fingerprint density at radius 2 is 1.93 bits per heavy atom. The van der Waals surface area contributed by atoms with Gasteiger partial charge in [0.25, 0.3) is 0 Å². The summed E-state index contributed by atoms with van der Waals surface area (Å²) in [5.74, 6) is 0.388. The Bertz CT molecular complexity index is 223. The van der Waals surface area contributed by atoms with Crippen LogP contribution >= 0.6 is 0 Å². The van der Waals surface area contributed by atoms with Gasteiger partial charge in [0.05, 0.1) is 0 Å². The third-order valence-electron chi connectivity index (χ3n) is 2.22. The van der Waals surface area contributed by atoms with Crippen LogP contribution in [0.5, 0.6) is 0 Å². The number of Topliss-reactive ketones (excluding diaryl/α,β-unsaturated/α-hetero) is 1. The SMILES string of the molecule is C=CC=CC=CCCCCCC(=O)CC. The zero-order valence-corrected chi connectivity index (χ0v) is 9.74. The summed E-state index contributed by atoms with van der Waals surface area (Å²) in [6.45, 7) is 5.52. The minimum absolute atomic E-state index is 0.388. The van der Waals surface area contributed by atoms with Crippen molar-refractivity contribution in [3.63, 3.8) is 0 Å². The summed E-state index contributed by atoms with van der Waals surface area (Å²) in [5.41, 5.74) is 0. The van der Waals surface area contributed by atoms with Crippen molar-refractivity contribution in [2.45, 2.75) is 45.4 Å². The molecule has 15 heavy (non-hydrogen) atoms. The summed E-state index contributed by atoms with van der Waals surface area (Å²) in [5, 5.41) is 0. The largest absolute Gasteiger partial charge is 0.300 e. The van der Waals surface area contributed by atoms with Crippen molar-refractivity contribution in [1.82, 2.24) is 0 Å². The molecule has 0 rings (SSSR count). The van der Waals surface area contributed by atoms with E-state index >= 15 is 0 Å². The number of hydrogen-bond donors (Lipinski definition) is 0. The number of unbranched alkanes of at least 4 members (excludes halogenated alkanes) is 3. The molecule has 0 saturated carbocycles. The van der Waals surface area contributed by atoms with Crippen molar-refractivity contribution >= 4 is 5.78 Å². The first-order valence-corrected chi connectivity index (χ1v) is 5.77. The summed E-state index contributed by atoms with van der Waals surface area (Å²) in [4.78, 5) is 11.0. The minimum Gasteiger partial charge on any atom is -0.300 e. The molecule has 0 atom stereocenters. The van der Waals surface area contributed by atoms with E-state index in [-0.39, 0.29) is 0 Å². The van der Waals surface area contributed by atoms with Gasteiger partial charge in [-0.05, 0) is 19.3 Å². The number of allylic oxidation sites excluding steroid dienone is 5. The highest BCUT2D eigenvalue weighted by Crippen LogP contribution is 2.05. The van der Waals surface area contributed by atoms with Gasteiger partial charge < -0.3 is 0 Å². The van der Waals surface area contributed by atoms with Gasteiger partial charge in [0.15, 0.2) is 0 Å². The van der Waals surface area contributed by atoms with Gasteiger partial charge in [0.1, 0.15) is 5.78 Å². The zero-order valence-electron chi connectivity index (χ0n) is 9.74. The number of carbonyl (C=O) groups excluding carboxylic acids is 1. The number of rotatable bonds is 9. The van der Waals surface area contributed by atoms with E-state index in [1.54, 1.807) is 6.08 Å². The van der Waals surface area contributed by atoms with Crippen LogP contribution in [0, 0.1) is 0 Å². The average molecular weight is 206 g/mol. The smallest absolute Gasteiger partial charge is 0.132 e. The summed E-state index contributed by atoms with van der Waals surface area (Å²) in [6.07, 6.45) is 15.8. The number of hydrogen-bond acceptors (Lipinski definition) is 1. The number of carbonyl (C=O) groups is 1. The Morgan fingerprint density at radius 3 is 2.60 bits per heavy atom. The van der Waals surface area contributed by atoms with Gasteiger partial charge in [-0.25, -0.2) is 0 Å². The van der Waals surface area contributed by atoms with Crippen LogP contribution in [0.4, 0.5) is 0 Å². The Labute approximate surface area is 93.6 Å². The molecule has 0 aliphatic rings. The lowest BCUT2D eigenvalue weighted by Gasteiger charge is -1.96. The molecule has 1 nitrogen and oxygen atoms in total. The summed E-state index contributed by atoms with van der Waals surface area (Å²) in [7, 11) is 0. The quantitative estimate of drug-likeness (QED) is 0.408. The molecular formula is C14H22O. The fourth-order valence-corrected chi connectivity index (χ4v) is 1.26. The molecule has 0 amide bonds. The molecule has 0 bridgehead atoms. The maximum Gasteiger partial charge on any atom is 0.132 e. The van der Waals surface area contributed by atoms with E-state index < -0.39 is 0 Å². The van der Waals surface area contributed by atoms with Gasteiger partial charge in [0.2, 0.25) is 0 Å². The Kier molecular flexibility index (Phi) is 10.2. The van der Waals surface area contributed by atoms with Gasteiger partial charge in [-0.3, -0.25) is 4.79 Å². The predicted molar refractivity (Wildman–Crippen MR) is 66.9 cm³/mol. The normalized spacial score (nSPS) is 11.3. The van der Waals surface area contributed by atoms with Crippen molar-refractivity contribution in [3.8, 4) is 0 Å². The van der Waals surface area contributed by atoms with Crippen LogP contribution in [0.2, 0.25) is 0 Å². The standard InChI is InChI=1S/C14H22O/c1-3-5-6-7-8-9-10-11-12-13-14(15)4-2/h3,5-8H,1,4,9-13H2,2H3. The van der Waals surface area contributed by atoms with Gasteiger partial charge in [0, 0.05) is 12.8 Å². The maximum absolute atomic E-state index is 11.0. The van der Waals surface area contributed by atoms with Crippen LogP contribution in [0.1, 0.15) is 45.4 Å². The topological polar surface area (TPSA) is 17.1 Å². The zero-order chi connectivity index (χ0) is 11.4. The average Bonchev–Trinajstić information content (AvgIpc) is 2.26. The summed E-state index contributed by atoms with van der Waals surface area (Å²) in [6, 6.07) is 0. The molecule has 0 aromatic heterocycles. The van der Waals surface area contributed by atoms with E-state index in [9.17, 15) is 4.79 Å². The van der Waals surface area contributed by atoms with Crippen LogP contribution < -0.4 is 0 Å². The van der Waals surface area contributed by atoms with E-state index in [1.807, 2.05) is 25.2 Å². The molecule has 0 unspecified atom stereocenters. The first-order valence-electron chi connectivity index (χ1n) is 5.77. The van der Waals surface area contributed by atoms with E-state index in [4.69, 9.17) is 0 Å². The van der Waals surface area contributed by atoms with Gasteiger partial charge in [-0.1, -0.05) is 50.3 Å². The molecule has 0 fully saturated rings. The molecule has 0 spiro atoms. The van der Waals surface area contributed by atoms with Crippen LogP contribution in [-0.2, 0) is 4.79 Å².